The smallest absolute Gasteiger partial charge is 0.238 e. The van der Waals surface area contributed by atoms with Crippen molar-refractivity contribution < 1.29 is 4.43 Å². The maximum atomic E-state index is 5.70. The van der Waals surface area contributed by atoms with Gasteiger partial charge in [0.25, 0.3) is 0 Å². The second kappa shape index (κ2) is 7.33. The summed E-state index contributed by atoms with van der Waals surface area (Å²) in [6.07, 6.45) is 10.3. The van der Waals surface area contributed by atoms with Gasteiger partial charge in [0.2, 0.25) is 9.04 Å². The van der Waals surface area contributed by atoms with Crippen LogP contribution in [0.25, 0.3) is 0 Å². The average Bonchev–Trinajstić information content (AvgIpc) is 2.19. The van der Waals surface area contributed by atoms with Crippen LogP contribution in [0.4, 0.5) is 0 Å². The van der Waals surface area contributed by atoms with Gasteiger partial charge in [-0.25, -0.2) is 0 Å². The molecule has 0 aliphatic carbocycles. The molecule has 1 radical (unpaired) electrons. The fraction of sp³-hybridized carbons (Fsp3) is 0.818. The van der Waals surface area contributed by atoms with E-state index in [1.165, 1.54) is 44.6 Å². The van der Waals surface area contributed by atoms with E-state index < -0.39 is 9.04 Å². The lowest BCUT2D eigenvalue weighted by molar-refractivity contribution is 0.294. The third kappa shape index (κ3) is 5.27. The van der Waals surface area contributed by atoms with E-state index in [-0.39, 0.29) is 0 Å². The van der Waals surface area contributed by atoms with Gasteiger partial charge in [-0.15, -0.1) is 0 Å². The molecule has 0 N–H and O–H groups in total. The lowest BCUT2D eigenvalue weighted by Crippen LogP contribution is -2.20. The second-order valence-corrected chi connectivity index (χ2v) is 5.72. The molecule has 1 saturated heterocycles. The Morgan fingerprint density at radius 3 is 2.92 bits per heavy atom. The van der Waals surface area contributed by atoms with E-state index >= 15 is 0 Å². The number of unbranched alkanes of at least 4 members (excludes halogenated alkanes) is 3. The van der Waals surface area contributed by atoms with Crippen LogP contribution in [0.3, 0.4) is 0 Å². The molecule has 0 aromatic carbocycles. The van der Waals surface area contributed by atoms with Crippen LogP contribution in [0.1, 0.15) is 45.4 Å². The number of rotatable bonds is 5. The largest absolute Gasteiger partial charge is 0.412 e. The van der Waals surface area contributed by atoms with E-state index in [2.05, 4.69) is 18.7 Å². The fourth-order valence-corrected chi connectivity index (χ4v) is 3.38. The molecule has 13 heavy (non-hydrogen) atoms. The van der Waals surface area contributed by atoms with Gasteiger partial charge in [-0.2, -0.15) is 0 Å². The van der Waals surface area contributed by atoms with Crippen molar-refractivity contribution in [1.29, 1.82) is 0 Å². The third-order valence-electron chi connectivity index (χ3n) is 2.38. The predicted octanol–water partition coefficient (Wildman–Crippen LogP) is 3.46. The van der Waals surface area contributed by atoms with E-state index in [1.54, 1.807) is 0 Å². The van der Waals surface area contributed by atoms with E-state index in [4.69, 9.17) is 4.43 Å². The molecule has 75 valence electrons. The van der Waals surface area contributed by atoms with Crippen molar-refractivity contribution in [2.24, 2.45) is 0 Å². The summed E-state index contributed by atoms with van der Waals surface area (Å²) in [5.41, 5.74) is 2.36. The standard InChI is InChI=1S/C11H21OSi/c1-2-3-4-5-7-10-13-11-8-6-9-12-13/h7,10H,2-6,8-9,11H2,1H3/b10-7+. The van der Waals surface area contributed by atoms with Crippen LogP contribution in [0.15, 0.2) is 11.8 Å². The second-order valence-electron chi connectivity index (χ2n) is 3.67. The molecule has 0 aromatic heterocycles. The van der Waals surface area contributed by atoms with Gasteiger partial charge in [0.1, 0.15) is 0 Å². The minimum atomic E-state index is -0.516. The van der Waals surface area contributed by atoms with Gasteiger partial charge in [-0.3, -0.25) is 0 Å². The minimum absolute atomic E-state index is 0.516. The molecular formula is C11H21OSi. The number of hydrogen-bond donors (Lipinski definition) is 0. The van der Waals surface area contributed by atoms with Crippen molar-refractivity contribution >= 4 is 9.04 Å². The third-order valence-corrected chi connectivity index (χ3v) is 4.41. The van der Waals surface area contributed by atoms with Crippen LogP contribution in [-0.2, 0) is 4.43 Å². The van der Waals surface area contributed by atoms with E-state index in [0.29, 0.717) is 0 Å². The van der Waals surface area contributed by atoms with Gasteiger partial charge in [0.05, 0.1) is 0 Å². The molecular weight excluding hydrogens is 176 g/mol. The molecule has 1 rings (SSSR count). The van der Waals surface area contributed by atoms with Crippen molar-refractivity contribution in [2.45, 2.75) is 51.5 Å². The summed E-state index contributed by atoms with van der Waals surface area (Å²) in [6, 6.07) is 1.33. The summed E-state index contributed by atoms with van der Waals surface area (Å²) in [6.45, 7) is 3.26. The molecule has 1 fully saturated rings. The highest BCUT2D eigenvalue weighted by Crippen LogP contribution is 2.12. The molecule has 0 atom stereocenters. The summed E-state index contributed by atoms with van der Waals surface area (Å²) in [7, 11) is -0.516. The predicted molar refractivity (Wildman–Crippen MR) is 59.0 cm³/mol. The van der Waals surface area contributed by atoms with Crippen LogP contribution in [0, 0.1) is 0 Å². The Balaban J connectivity index is 2.01. The molecule has 0 spiro atoms. The van der Waals surface area contributed by atoms with Gasteiger partial charge in [-0.1, -0.05) is 38.0 Å². The van der Waals surface area contributed by atoms with Crippen molar-refractivity contribution in [2.75, 3.05) is 6.61 Å². The highest BCUT2D eigenvalue weighted by atomic mass is 28.3. The first-order valence-electron chi connectivity index (χ1n) is 5.58. The van der Waals surface area contributed by atoms with Gasteiger partial charge in [-0.05, 0) is 25.3 Å². The van der Waals surface area contributed by atoms with E-state index in [9.17, 15) is 0 Å². The molecule has 1 aliphatic rings. The van der Waals surface area contributed by atoms with Crippen LogP contribution >= 0.6 is 0 Å². The summed E-state index contributed by atoms with van der Waals surface area (Å²) < 4.78 is 5.70. The maximum absolute atomic E-state index is 5.70. The Kier molecular flexibility index (Phi) is 6.20. The van der Waals surface area contributed by atoms with Gasteiger partial charge in [0, 0.05) is 6.61 Å². The molecule has 0 unspecified atom stereocenters. The molecule has 0 amide bonds. The Morgan fingerprint density at radius 2 is 2.23 bits per heavy atom. The SMILES string of the molecule is CCCCC/C=C/[Si]1CCCCO1. The Hall–Kier alpha value is -0.0831. The zero-order valence-corrected chi connectivity index (χ0v) is 9.72. The molecule has 0 saturated carbocycles. The molecule has 1 aliphatic heterocycles. The van der Waals surface area contributed by atoms with Crippen LogP contribution in [0.5, 0.6) is 0 Å². The average molecular weight is 197 g/mol. The van der Waals surface area contributed by atoms with Gasteiger partial charge in [0.15, 0.2) is 0 Å². The van der Waals surface area contributed by atoms with Crippen molar-refractivity contribution in [3.63, 3.8) is 0 Å². The van der Waals surface area contributed by atoms with E-state index in [0.717, 1.165) is 6.61 Å². The fourth-order valence-electron chi connectivity index (χ4n) is 1.54. The number of allylic oxidation sites excluding steroid dienone is 1. The first-order valence-corrected chi connectivity index (χ1v) is 7.28. The summed E-state index contributed by atoms with van der Waals surface area (Å²) in [5, 5.41) is 0. The minimum Gasteiger partial charge on any atom is -0.412 e. The van der Waals surface area contributed by atoms with Crippen molar-refractivity contribution in [1.82, 2.24) is 0 Å². The highest BCUT2D eigenvalue weighted by Gasteiger charge is 2.12. The van der Waals surface area contributed by atoms with E-state index in [1.807, 2.05) is 0 Å². The molecule has 2 heteroatoms. The Labute approximate surface area is 83.9 Å². The summed E-state index contributed by atoms with van der Waals surface area (Å²) >= 11 is 0. The lowest BCUT2D eigenvalue weighted by Gasteiger charge is -2.16. The Bertz CT molecular complexity index is 139. The first kappa shape index (κ1) is 11.0. The molecule has 1 heterocycles. The van der Waals surface area contributed by atoms with Crippen LogP contribution in [0.2, 0.25) is 6.04 Å². The molecule has 0 bridgehead atoms. The normalized spacial score (nSPS) is 19.8. The van der Waals surface area contributed by atoms with Crippen molar-refractivity contribution in [3.8, 4) is 0 Å². The van der Waals surface area contributed by atoms with Gasteiger partial charge >= 0.3 is 0 Å². The van der Waals surface area contributed by atoms with Crippen LogP contribution in [-0.4, -0.2) is 15.6 Å². The number of hydrogen-bond acceptors (Lipinski definition) is 1. The summed E-state index contributed by atoms with van der Waals surface area (Å²) in [5.74, 6) is 0. The van der Waals surface area contributed by atoms with Gasteiger partial charge < -0.3 is 4.43 Å². The lowest BCUT2D eigenvalue weighted by atomic mass is 10.2. The zero-order valence-electron chi connectivity index (χ0n) is 8.72. The quantitative estimate of drug-likeness (QED) is 0.484. The Morgan fingerprint density at radius 1 is 1.31 bits per heavy atom. The highest BCUT2D eigenvalue weighted by molar-refractivity contribution is 6.57. The van der Waals surface area contributed by atoms with Crippen LogP contribution < -0.4 is 0 Å². The molecule has 1 nitrogen and oxygen atoms in total. The maximum Gasteiger partial charge on any atom is 0.238 e. The first-order chi connectivity index (χ1) is 6.43. The summed E-state index contributed by atoms with van der Waals surface area (Å²) in [4.78, 5) is 0. The van der Waals surface area contributed by atoms with Crippen molar-refractivity contribution in [3.05, 3.63) is 11.8 Å². The molecule has 0 aromatic rings. The topological polar surface area (TPSA) is 9.23 Å². The zero-order chi connectivity index (χ0) is 9.36. The monoisotopic (exact) mass is 197 g/mol.